The van der Waals surface area contributed by atoms with E-state index in [9.17, 15) is 19.7 Å². The van der Waals surface area contributed by atoms with Crippen LogP contribution in [0.3, 0.4) is 0 Å². The highest BCUT2D eigenvalue weighted by molar-refractivity contribution is 6.10. The van der Waals surface area contributed by atoms with E-state index >= 15 is 0 Å². The van der Waals surface area contributed by atoms with Crippen LogP contribution in [-0.4, -0.2) is 30.1 Å². The summed E-state index contributed by atoms with van der Waals surface area (Å²) in [6.07, 6.45) is 0. The molecule has 32 heavy (non-hydrogen) atoms. The Morgan fingerprint density at radius 3 is 2.50 bits per heavy atom. The number of rotatable bonds is 7. The van der Waals surface area contributed by atoms with Crippen LogP contribution in [0.25, 0.3) is 0 Å². The first-order valence-corrected chi connectivity index (χ1v) is 9.47. The van der Waals surface area contributed by atoms with E-state index in [0.717, 1.165) is 0 Å². The Labute approximate surface area is 181 Å². The number of amides is 2. The van der Waals surface area contributed by atoms with Crippen LogP contribution in [0.2, 0.25) is 0 Å². The largest absolute Gasteiger partial charge is 0.484 e. The third-order valence-electron chi connectivity index (χ3n) is 4.49. The van der Waals surface area contributed by atoms with Crippen LogP contribution < -0.4 is 24.8 Å². The van der Waals surface area contributed by atoms with Gasteiger partial charge in [-0.25, -0.2) is 0 Å². The van der Waals surface area contributed by atoms with E-state index in [-0.39, 0.29) is 24.7 Å². The second-order valence-electron chi connectivity index (χ2n) is 6.66. The number of ether oxygens (including phenoxy) is 3. The number of benzene rings is 3. The van der Waals surface area contributed by atoms with Gasteiger partial charge in [-0.1, -0.05) is 12.1 Å². The lowest BCUT2D eigenvalue weighted by Crippen LogP contribution is -2.22. The Bertz CT molecular complexity index is 1180. The van der Waals surface area contributed by atoms with E-state index in [1.807, 2.05) is 0 Å². The maximum Gasteiger partial charge on any atom is 0.269 e. The molecule has 0 fully saturated rings. The summed E-state index contributed by atoms with van der Waals surface area (Å²) >= 11 is 0. The van der Waals surface area contributed by atoms with Crippen molar-refractivity contribution in [1.82, 2.24) is 0 Å². The molecule has 0 aromatic heterocycles. The first kappa shape index (κ1) is 20.7. The van der Waals surface area contributed by atoms with Gasteiger partial charge in [0.15, 0.2) is 18.1 Å². The molecule has 3 aromatic rings. The van der Waals surface area contributed by atoms with Crippen molar-refractivity contribution in [3.63, 3.8) is 0 Å². The fourth-order valence-corrected chi connectivity index (χ4v) is 2.96. The van der Waals surface area contributed by atoms with Gasteiger partial charge < -0.3 is 24.8 Å². The van der Waals surface area contributed by atoms with Crippen LogP contribution in [0.5, 0.6) is 17.2 Å². The highest BCUT2D eigenvalue weighted by atomic mass is 16.7. The van der Waals surface area contributed by atoms with Crippen LogP contribution in [0.4, 0.5) is 17.1 Å². The third-order valence-corrected chi connectivity index (χ3v) is 4.49. The number of nitrogens with zero attached hydrogens (tertiary/aromatic N) is 1. The Kier molecular flexibility index (Phi) is 5.84. The lowest BCUT2D eigenvalue weighted by molar-refractivity contribution is -0.384. The van der Waals surface area contributed by atoms with E-state index < -0.39 is 16.7 Å². The molecule has 0 radical (unpaired) electrons. The number of fused-ring (bicyclic) bond motifs is 1. The molecule has 162 valence electrons. The standard InChI is InChI=1S/C22H17N3O7/c26-21(12-30-16-8-6-15(7-9-16)25(28)29)24-18-4-2-1-3-17(18)22(27)23-14-5-10-19-20(11-14)32-13-31-19/h1-11H,12-13H2,(H,23,27)(H,24,26). The van der Waals surface area contributed by atoms with Crippen molar-refractivity contribution >= 4 is 28.9 Å². The van der Waals surface area contributed by atoms with Crippen molar-refractivity contribution in [3.8, 4) is 17.2 Å². The van der Waals surface area contributed by atoms with Crippen molar-refractivity contribution in [2.75, 3.05) is 24.0 Å². The van der Waals surface area contributed by atoms with Crippen LogP contribution >= 0.6 is 0 Å². The van der Waals surface area contributed by atoms with Gasteiger partial charge in [0.25, 0.3) is 17.5 Å². The van der Waals surface area contributed by atoms with Gasteiger partial charge in [-0.3, -0.25) is 19.7 Å². The minimum atomic E-state index is -0.526. The zero-order valence-electron chi connectivity index (χ0n) is 16.6. The number of nitro groups is 1. The molecule has 0 saturated carbocycles. The molecular weight excluding hydrogens is 418 g/mol. The molecule has 0 atom stereocenters. The summed E-state index contributed by atoms with van der Waals surface area (Å²) in [7, 11) is 0. The zero-order chi connectivity index (χ0) is 22.5. The minimum Gasteiger partial charge on any atom is -0.484 e. The zero-order valence-corrected chi connectivity index (χ0v) is 16.6. The molecular formula is C22H17N3O7. The van der Waals surface area contributed by atoms with E-state index in [4.69, 9.17) is 14.2 Å². The van der Waals surface area contributed by atoms with Gasteiger partial charge in [-0.2, -0.15) is 0 Å². The third kappa shape index (κ3) is 4.75. The predicted molar refractivity (Wildman–Crippen MR) is 114 cm³/mol. The van der Waals surface area contributed by atoms with Gasteiger partial charge in [0.1, 0.15) is 5.75 Å². The van der Waals surface area contributed by atoms with Crippen LogP contribution in [0.1, 0.15) is 10.4 Å². The average Bonchev–Trinajstić information content (AvgIpc) is 3.26. The number of nitrogens with one attached hydrogen (secondary N) is 2. The van der Waals surface area contributed by atoms with Gasteiger partial charge in [0.05, 0.1) is 16.2 Å². The molecule has 0 aliphatic carbocycles. The highest BCUT2D eigenvalue weighted by Crippen LogP contribution is 2.34. The number of nitro benzene ring substituents is 1. The summed E-state index contributed by atoms with van der Waals surface area (Å²) < 4.78 is 15.9. The quantitative estimate of drug-likeness (QED) is 0.428. The van der Waals surface area contributed by atoms with Crippen molar-refractivity contribution in [1.29, 1.82) is 0 Å². The van der Waals surface area contributed by atoms with Gasteiger partial charge >= 0.3 is 0 Å². The van der Waals surface area contributed by atoms with E-state index in [0.29, 0.717) is 28.6 Å². The molecule has 10 heteroatoms. The second kappa shape index (κ2) is 9.04. The summed E-state index contributed by atoms with van der Waals surface area (Å²) in [5.74, 6) is 0.527. The lowest BCUT2D eigenvalue weighted by Gasteiger charge is -2.12. The maximum absolute atomic E-state index is 12.8. The Hall–Kier alpha value is -4.60. The lowest BCUT2D eigenvalue weighted by atomic mass is 10.1. The Morgan fingerprint density at radius 2 is 1.72 bits per heavy atom. The summed E-state index contributed by atoms with van der Waals surface area (Å²) in [5.41, 5.74) is 1.00. The number of para-hydroxylation sites is 1. The fourth-order valence-electron chi connectivity index (χ4n) is 2.96. The monoisotopic (exact) mass is 435 g/mol. The second-order valence-corrected chi connectivity index (χ2v) is 6.66. The molecule has 0 bridgehead atoms. The van der Waals surface area contributed by atoms with E-state index in [2.05, 4.69) is 10.6 Å². The topological polar surface area (TPSA) is 129 Å². The van der Waals surface area contributed by atoms with Crippen molar-refractivity contribution in [2.45, 2.75) is 0 Å². The number of carbonyl (C=O) groups excluding carboxylic acids is 2. The predicted octanol–water partition coefficient (Wildman–Crippen LogP) is 3.59. The van der Waals surface area contributed by atoms with Crippen molar-refractivity contribution in [2.24, 2.45) is 0 Å². The summed E-state index contributed by atoms with van der Waals surface area (Å²) in [4.78, 5) is 35.2. The number of hydrogen-bond acceptors (Lipinski definition) is 7. The van der Waals surface area contributed by atoms with Crippen LogP contribution in [-0.2, 0) is 4.79 Å². The Balaban J connectivity index is 1.38. The molecule has 4 rings (SSSR count). The Morgan fingerprint density at radius 1 is 0.969 bits per heavy atom. The van der Waals surface area contributed by atoms with Crippen LogP contribution in [0.15, 0.2) is 66.7 Å². The number of hydrogen-bond donors (Lipinski definition) is 2. The van der Waals surface area contributed by atoms with Gasteiger partial charge in [-0.05, 0) is 36.4 Å². The molecule has 3 aromatic carbocycles. The molecule has 1 aliphatic rings. The summed E-state index contributed by atoms with van der Waals surface area (Å²) in [6, 6.07) is 16.9. The fraction of sp³-hybridized carbons (Fsp3) is 0.0909. The minimum absolute atomic E-state index is 0.0794. The first-order chi connectivity index (χ1) is 15.5. The van der Waals surface area contributed by atoms with Crippen LogP contribution in [0, 0.1) is 10.1 Å². The normalized spacial score (nSPS) is 11.5. The molecule has 2 N–H and O–H groups in total. The SMILES string of the molecule is O=C(COc1ccc([N+](=O)[O-])cc1)Nc1ccccc1C(=O)Nc1ccc2c(c1)OCO2. The molecule has 2 amide bonds. The number of carbonyl (C=O) groups is 2. The molecule has 0 spiro atoms. The molecule has 1 heterocycles. The molecule has 10 nitrogen and oxygen atoms in total. The summed E-state index contributed by atoms with van der Waals surface area (Å²) in [6.45, 7) is -0.209. The van der Waals surface area contributed by atoms with Crippen molar-refractivity contribution in [3.05, 3.63) is 82.4 Å². The first-order valence-electron chi connectivity index (χ1n) is 9.47. The van der Waals surface area contributed by atoms with E-state index in [1.54, 1.807) is 42.5 Å². The molecule has 0 unspecified atom stereocenters. The van der Waals surface area contributed by atoms with Crippen molar-refractivity contribution < 1.29 is 28.7 Å². The maximum atomic E-state index is 12.8. The molecule has 0 saturated heterocycles. The highest BCUT2D eigenvalue weighted by Gasteiger charge is 2.17. The van der Waals surface area contributed by atoms with Gasteiger partial charge in [-0.15, -0.1) is 0 Å². The van der Waals surface area contributed by atoms with Gasteiger partial charge in [0.2, 0.25) is 6.79 Å². The number of anilines is 2. The number of non-ortho nitro benzene ring substituents is 1. The summed E-state index contributed by atoms with van der Waals surface area (Å²) in [5, 5.41) is 16.1. The van der Waals surface area contributed by atoms with Gasteiger partial charge in [0, 0.05) is 23.9 Å². The molecule has 1 aliphatic heterocycles. The van der Waals surface area contributed by atoms with E-state index in [1.165, 1.54) is 24.3 Å². The smallest absolute Gasteiger partial charge is 0.269 e. The average molecular weight is 435 g/mol.